The van der Waals surface area contributed by atoms with Crippen molar-refractivity contribution in [3.8, 4) is 5.75 Å². The van der Waals surface area contributed by atoms with Crippen LogP contribution in [0.25, 0.3) is 10.1 Å². The maximum atomic E-state index is 9.65. The lowest BCUT2D eigenvalue weighted by Gasteiger charge is -2.26. The molecule has 2 heterocycles. The summed E-state index contributed by atoms with van der Waals surface area (Å²) in [6.45, 7) is 4.46. The molecule has 0 aliphatic rings. The van der Waals surface area contributed by atoms with Gasteiger partial charge in [0.15, 0.2) is 0 Å². The number of hydrogen-bond donors (Lipinski definition) is 2. The summed E-state index contributed by atoms with van der Waals surface area (Å²) in [5, 5.41) is 19.7. The van der Waals surface area contributed by atoms with Crippen molar-refractivity contribution in [1.82, 2.24) is 14.8 Å². The number of phenols is 1. The molecule has 2 N–H and O–H groups in total. The third-order valence-corrected chi connectivity index (χ3v) is 6.25. The van der Waals surface area contributed by atoms with E-state index in [0.29, 0.717) is 11.7 Å². The Bertz CT molecular complexity index is 1040. The number of nitrogens with one attached hydrogen (secondary N) is 1. The first-order chi connectivity index (χ1) is 13.7. The molecule has 2 aromatic carbocycles. The largest absolute Gasteiger partial charge is 0.508 e. The van der Waals surface area contributed by atoms with Gasteiger partial charge in [-0.3, -0.25) is 0 Å². The van der Waals surface area contributed by atoms with Crippen LogP contribution in [0.1, 0.15) is 38.3 Å². The molecule has 0 amide bonds. The van der Waals surface area contributed by atoms with Crippen LogP contribution in [0.3, 0.4) is 0 Å². The minimum Gasteiger partial charge on any atom is -0.508 e. The molecule has 4 aromatic rings. The van der Waals surface area contributed by atoms with E-state index in [2.05, 4.69) is 59.6 Å². The summed E-state index contributed by atoms with van der Waals surface area (Å²) in [6, 6.07) is 16.3. The fourth-order valence-electron chi connectivity index (χ4n) is 3.72. The van der Waals surface area contributed by atoms with Gasteiger partial charge in [-0.15, -0.1) is 11.3 Å². The summed E-state index contributed by atoms with van der Waals surface area (Å²) in [7, 11) is 0. The molecule has 0 fully saturated rings. The van der Waals surface area contributed by atoms with Crippen LogP contribution in [0.2, 0.25) is 0 Å². The van der Waals surface area contributed by atoms with Crippen LogP contribution in [-0.2, 0) is 0 Å². The second-order valence-electron chi connectivity index (χ2n) is 6.98. The number of aromatic hydroxyl groups is 1. The maximum absolute atomic E-state index is 9.65. The SMILES string of the molecule is CCC(CC)C(c1ccc(Nc2cc3ccc(O)cc3s2)cc1)n1cncn1. The van der Waals surface area contributed by atoms with Crippen molar-refractivity contribution < 1.29 is 5.11 Å². The summed E-state index contributed by atoms with van der Waals surface area (Å²) in [5.74, 6) is 0.807. The molecule has 0 bridgehead atoms. The molecule has 0 saturated carbocycles. The first kappa shape index (κ1) is 18.5. The lowest BCUT2D eigenvalue weighted by Crippen LogP contribution is -2.20. The van der Waals surface area contributed by atoms with E-state index in [4.69, 9.17) is 0 Å². The molecule has 0 aliphatic carbocycles. The number of hydrogen-bond acceptors (Lipinski definition) is 5. The third-order valence-electron chi connectivity index (χ3n) is 5.24. The van der Waals surface area contributed by atoms with Crippen LogP contribution in [-0.4, -0.2) is 19.9 Å². The topological polar surface area (TPSA) is 63.0 Å². The van der Waals surface area contributed by atoms with Crippen molar-refractivity contribution in [2.75, 3.05) is 5.32 Å². The Kier molecular flexibility index (Phi) is 5.30. The fourth-order valence-corrected chi connectivity index (χ4v) is 4.74. The zero-order valence-corrected chi connectivity index (χ0v) is 16.9. The summed E-state index contributed by atoms with van der Waals surface area (Å²) >= 11 is 1.63. The number of benzene rings is 2. The second kappa shape index (κ2) is 8.02. The van der Waals surface area contributed by atoms with Gasteiger partial charge in [-0.25, -0.2) is 9.67 Å². The Morgan fingerprint density at radius 2 is 1.86 bits per heavy atom. The van der Waals surface area contributed by atoms with Crippen LogP contribution < -0.4 is 5.32 Å². The number of fused-ring (bicyclic) bond motifs is 1. The van der Waals surface area contributed by atoms with Gasteiger partial charge in [-0.2, -0.15) is 5.10 Å². The summed E-state index contributed by atoms with van der Waals surface area (Å²) in [5.41, 5.74) is 2.28. The molecule has 0 aliphatic heterocycles. The standard InChI is InChI=1S/C22H24N4OS/c1-3-15(4-2)22(26-14-23-13-24-26)16-5-8-18(9-6-16)25-21-11-17-7-10-19(27)12-20(17)28-21/h5-15,22,25,27H,3-4H2,1-2H3. The van der Waals surface area contributed by atoms with E-state index in [9.17, 15) is 5.11 Å². The number of anilines is 2. The monoisotopic (exact) mass is 392 g/mol. The number of rotatable bonds is 7. The summed E-state index contributed by atoms with van der Waals surface area (Å²) in [6.07, 6.45) is 5.59. The van der Waals surface area contributed by atoms with E-state index in [0.717, 1.165) is 33.6 Å². The van der Waals surface area contributed by atoms with Gasteiger partial charge in [0.05, 0.1) is 11.0 Å². The number of phenolic OH excluding ortho intramolecular Hbond substituents is 1. The van der Waals surface area contributed by atoms with Crippen LogP contribution in [0.4, 0.5) is 10.7 Å². The molecular formula is C22H24N4OS. The number of aromatic nitrogens is 3. The van der Waals surface area contributed by atoms with E-state index >= 15 is 0 Å². The van der Waals surface area contributed by atoms with Gasteiger partial charge in [0.2, 0.25) is 0 Å². The molecule has 2 aromatic heterocycles. The van der Waals surface area contributed by atoms with Gasteiger partial charge in [0.1, 0.15) is 18.4 Å². The maximum Gasteiger partial charge on any atom is 0.137 e. The minimum absolute atomic E-state index is 0.193. The average Bonchev–Trinajstić information content (AvgIpc) is 3.36. The number of thiophene rings is 1. The molecule has 28 heavy (non-hydrogen) atoms. The molecule has 0 spiro atoms. The Hall–Kier alpha value is -2.86. The molecule has 1 unspecified atom stereocenters. The molecule has 0 saturated heterocycles. The van der Waals surface area contributed by atoms with E-state index in [1.165, 1.54) is 5.56 Å². The van der Waals surface area contributed by atoms with Gasteiger partial charge in [-0.1, -0.05) is 38.8 Å². The van der Waals surface area contributed by atoms with Crippen LogP contribution in [0, 0.1) is 5.92 Å². The van der Waals surface area contributed by atoms with Gasteiger partial charge in [0, 0.05) is 10.4 Å². The average molecular weight is 393 g/mol. The van der Waals surface area contributed by atoms with Gasteiger partial charge in [0.25, 0.3) is 0 Å². The molecular weight excluding hydrogens is 368 g/mol. The molecule has 5 nitrogen and oxygen atoms in total. The van der Waals surface area contributed by atoms with Gasteiger partial charge >= 0.3 is 0 Å². The third kappa shape index (κ3) is 3.73. The van der Waals surface area contributed by atoms with Crippen molar-refractivity contribution in [1.29, 1.82) is 0 Å². The number of nitrogens with zero attached hydrogens (tertiary/aromatic N) is 3. The second-order valence-corrected chi connectivity index (χ2v) is 8.06. The lowest BCUT2D eigenvalue weighted by molar-refractivity contribution is 0.332. The highest BCUT2D eigenvalue weighted by molar-refractivity contribution is 7.22. The minimum atomic E-state index is 0.193. The Morgan fingerprint density at radius 1 is 1.07 bits per heavy atom. The van der Waals surface area contributed by atoms with Crippen molar-refractivity contribution in [2.45, 2.75) is 32.7 Å². The Labute approximate surface area is 168 Å². The Morgan fingerprint density at radius 3 is 2.54 bits per heavy atom. The quantitative estimate of drug-likeness (QED) is 0.407. The van der Waals surface area contributed by atoms with Gasteiger partial charge in [-0.05, 0) is 53.3 Å². The molecule has 144 valence electrons. The predicted octanol–water partition coefficient (Wildman–Crippen LogP) is 5.97. The van der Waals surface area contributed by atoms with E-state index in [1.54, 1.807) is 29.8 Å². The van der Waals surface area contributed by atoms with Crippen molar-refractivity contribution in [3.05, 3.63) is 66.7 Å². The Balaban J connectivity index is 1.58. The predicted molar refractivity (Wildman–Crippen MR) is 115 cm³/mol. The molecule has 0 radical (unpaired) electrons. The fraction of sp³-hybridized carbons (Fsp3) is 0.273. The van der Waals surface area contributed by atoms with E-state index in [-0.39, 0.29) is 6.04 Å². The first-order valence-electron chi connectivity index (χ1n) is 9.61. The molecule has 4 rings (SSSR count). The molecule has 1 atom stereocenters. The highest BCUT2D eigenvalue weighted by atomic mass is 32.1. The smallest absolute Gasteiger partial charge is 0.137 e. The van der Waals surface area contributed by atoms with Crippen LogP contribution in [0.5, 0.6) is 5.75 Å². The summed E-state index contributed by atoms with van der Waals surface area (Å²) < 4.78 is 3.04. The van der Waals surface area contributed by atoms with Gasteiger partial charge < -0.3 is 10.4 Å². The van der Waals surface area contributed by atoms with Crippen LogP contribution in [0.15, 0.2) is 61.2 Å². The van der Waals surface area contributed by atoms with Crippen LogP contribution >= 0.6 is 11.3 Å². The highest BCUT2D eigenvalue weighted by Gasteiger charge is 2.23. The first-order valence-corrected chi connectivity index (χ1v) is 10.4. The van der Waals surface area contributed by atoms with Crippen molar-refractivity contribution in [2.24, 2.45) is 5.92 Å². The summed E-state index contributed by atoms with van der Waals surface area (Å²) in [4.78, 5) is 4.14. The lowest BCUT2D eigenvalue weighted by atomic mass is 9.89. The van der Waals surface area contributed by atoms with Crippen molar-refractivity contribution in [3.63, 3.8) is 0 Å². The zero-order chi connectivity index (χ0) is 19.5. The normalized spacial score (nSPS) is 12.5. The van der Waals surface area contributed by atoms with E-state index < -0.39 is 0 Å². The van der Waals surface area contributed by atoms with Crippen molar-refractivity contribution >= 4 is 32.1 Å². The van der Waals surface area contributed by atoms with E-state index in [1.807, 2.05) is 17.1 Å². The molecule has 6 heteroatoms. The zero-order valence-electron chi connectivity index (χ0n) is 16.0. The highest BCUT2D eigenvalue weighted by Crippen LogP contribution is 2.35.